The van der Waals surface area contributed by atoms with Gasteiger partial charge in [0.05, 0.1) is 12.3 Å². The minimum Gasteiger partial charge on any atom is -0.390 e. The summed E-state index contributed by atoms with van der Waals surface area (Å²) in [5, 5.41) is 3.87. The average Bonchev–Trinajstić information content (AvgIpc) is 2.94. The maximum atomic E-state index is 13.7. The smallest absolute Gasteiger partial charge is 0.222 e. The summed E-state index contributed by atoms with van der Waals surface area (Å²) in [5.41, 5.74) is 0.644. The van der Waals surface area contributed by atoms with E-state index in [1.54, 1.807) is 17.9 Å². The first-order valence-corrected chi connectivity index (χ1v) is 7.12. The number of rotatable bonds is 6. The Morgan fingerprint density at radius 2 is 2.32 bits per heavy atom. The number of amides is 1. The highest BCUT2D eigenvalue weighted by Crippen LogP contribution is 2.20. The molecule has 0 spiro atoms. The molecule has 0 fully saturated rings. The number of hydrogen-bond donors (Lipinski definition) is 0. The SMILES string of the molecule is C=CCN(CC1CC(c2ccc(F)cc2F)=NO1)C(=O)CC. The Morgan fingerprint density at radius 3 is 2.95 bits per heavy atom. The molecule has 0 aromatic heterocycles. The van der Waals surface area contributed by atoms with Crippen LogP contribution in [0.1, 0.15) is 25.3 Å². The fourth-order valence-electron chi connectivity index (χ4n) is 2.31. The fourth-order valence-corrected chi connectivity index (χ4v) is 2.31. The van der Waals surface area contributed by atoms with Gasteiger partial charge in [0, 0.05) is 31.0 Å². The minimum atomic E-state index is -0.671. The van der Waals surface area contributed by atoms with Gasteiger partial charge in [-0.05, 0) is 12.1 Å². The molecule has 1 heterocycles. The highest BCUT2D eigenvalue weighted by Gasteiger charge is 2.27. The molecule has 1 aromatic carbocycles. The molecule has 1 aromatic rings. The van der Waals surface area contributed by atoms with Gasteiger partial charge >= 0.3 is 0 Å². The summed E-state index contributed by atoms with van der Waals surface area (Å²) >= 11 is 0. The first-order chi connectivity index (χ1) is 10.5. The molecule has 0 saturated heterocycles. The molecule has 0 aliphatic carbocycles. The van der Waals surface area contributed by atoms with Crippen molar-refractivity contribution >= 4 is 11.6 Å². The van der Waals surface area contributed by atoms with Gasteiger partial charge in [0.15, 0.2) is 6.10 Å². The third kappa shape index (κ3) is 3.69. The number of benzene rings is 1. The van der Waals surface area contributed by atoms with Gasteiger partial charge in [-0.15, -0.1) is 6.58 Å². The summed E-state index contributed by atoms with van der Waals surface area (Å²) in [7, 11) is 0. The lowest BCUT2D eigenvalue weighted by molar-refractivity contribution is -0.132. The molecule has 0 bridgehead atoms. The zero-order valence-corrected chi connectivity index (χ0v) is 12.4. The average molecular weight is 308 g/mol. The molecule has 1 amide bonds. The highest BCUT2D eigenvalue weighted by molar-refractivity contribution is 6.01. The molecular formula is C16H18F2N2O2. The number of carbonyl (C=O) groups is 1. The van der Waals surface area contributed by atoms with Gasteiger partial charge in [-0.1, -0.05) is 18.2 Å². The second-order valence-corrected chi connectivity index (χ2v) is 5.03. The van der Waals surface area contributed by atoms with Crippen LogP contribution in [0.2, 0.25) is 0 Å². The van der Waals surface area contributed by atoms with E-state index in [4.69, 9.17) is 4.84 Å². The second kappa shape index (κ2) is 7.15. The predicted molar refractivity (Wildman–Crippen MR) is 79.5 cm³/mol. The van der Waals surface area contributed by atoms with Gasteiger partial charge in [-0.3, -0.25) is 4.79 Å². The number of carbonyl (C=O) groups excluding carboxylic acids is 1. The molecule has 1 atom stereocenters. The van der Waals surface area contributed by atoms with Gasteiger partial charge in [0.25, 0.3) is 0 Å². The van der Waals surface area contributed by atoms with Gasteiger partial charge in [-0.2, -0.15) is 0 Å². The number of oxime groups is 1. The Kier molecular flexibility index (Phi) is 5.25. The van der Waals surface area contributed by atoms with E-state index in [0.717, 1.165) is 6.07 Å². The fraction of sp³-hybridized carbons (Fsp3) is 0.375. The number of hydrogen-bond acceptors (Lipinski definition) is 3. The van der Waals surface area contributed by atoms with Crippen molar-refractivity contribution in [2.24, 2.45) is 5.16 Å². The molecule has 6 heteroatoms. The Morgan fingerprint density at radius 1 is 1.55 bits per heavy atom. The standard InChI is InChI=1S/C16H18F2N2O2/c1-3-7-20(16(21)4-2)10-12-9-15(19-22-12)13-6-5-11(17)8-14(13)18/h3,5-6,8,12H,1,4,7,9-10H2,2H3. The lowest BCUT2D eigenvalue weighted by Crippen LogP contribution is -2.37. The molecule has 1 unspecified atom stereocenters. The van der Waals surface area contributed by atoms with Crippen LogP contribution in [0.25, 0.3) is 0 Å². The van der Waals surface area contributed by atoms with Crippen LogP contribution in [-0.4, -0.2) is 35.7 Å². The van der Waals surface area contributed by atoms with E-state index < -0.39 is 11.6 Å². The maximum absolute atomic E-state index is 13.7. The maximum Gasteiger partial charge on any atom is 0.222 e. The topological polar surface area (TPSA) is 41.9 Å². The number of nitrogens with zero attached hydrogens (tertiary/aromatic N) is 2. The summed E-state index contributed by atoms with van der Waals surface area (Å²) in [6, 6.07) is 3.34. The normalized spacial score (nSPS) is 16.9. The van der Waals surface area contributed by atoms with Crippen LogP contribution < -0.4 is 0 Å². The third-order valence-corrected chi connectivity index (χ3v) is 3.40. The Hall–Kier alpha value is -2.24. The largest absolute Gasteiger partial charge is 0.390 e. The Bertz CT molecular complexity index is 602. The van der Waals surface area contributed by atoms with Crippen LogP contribution in [-0.2, 0) is 9.63 Å². The first-order valence-electron chi connectivity index (χ1n) is 7.12. The second-order valence-electron chi connectivity index (χ2n) is 5.03. The summed E-state index contributed by atoms with van der Waals surface area (Å²) in [6.07, 6.45) is 2.06. The summed E-state index contributed by atoms with van der Waals surface area (Å²) in [5.74, 6) is -1.32. The molecular weight excluding hydrogens is 290 g/mol. The van der Waals surface area contributed by atoms with E-state index in [2.05, 4.69) is 11.7 Å². The molecule has 1 aliphatic heterocycles. The molecule has 2 rings (SSSR count). The lowest BCUT2D eigenvalue weighted by atomic mass is 10.0. The Balaban J connectivity index is 2.02. The van der Waals surface area contributed by atoms with E-state index >= 15 is 0 Å². The van der Waals surface area contributed by atoms with Crippen molar-refractivity contribution in [3.8, 4) is 0 Å². The summed E-state index contributed by atoms with van der Waals surface area (Å²) in [6.45, 7) is 6.19. The van der Waals surface area contributed by atoms with Gasteiger partial charge in [0.1, 0.15) is 11.6 Å². The third-order valence-electron chi connectivity index (χ3n) is 3.40. The van der Waals surface area contributed by atoms with E-state index in [-0.39, 0.29) is 17.6 Å². The van der Waals surface area contributed by atoms with Crippen LogP contribution >= 0.6 is 0 Å². The van der Waals surface area contributed by atoms with E-state index in [1.807, 2.05) is 0 Å². The van der Waals surface area contributed by atoms with Gasteiger partial charge in [-0.25, -0.2) is 8.78 Å². The summed E-state index contributed by atoms with van der Waals surface area (Å²) in [4.78, 5) is 18.7. The monoisotopic (exact) mass is 308 g/mol. The molecule has 118 valence electrons. The van der Waals surface area contributed by atoms with Crippen LogP contribution in [0, 0.1) is 11.6 Å². The molecule has 0 radical (unpaired) electrons. The predicted octanol–water partition coefficient (Wildman–Crippen LogP) is 2.88. The van der Waals surface area contributed by atoms with Gasteiger partial charge < -0.3 is 9.74 Å². The molecule has 1 aliphatic rings. The minimum absolute atomic E-state index is 0.00934. The molecule has 22 heavy (non-hydrogen) atoms. The lowest BCUT2D eigenvalue weighted by Gasteiger charge is -2.22. The summed E-state index contributed by atoms with van der Waals surface area (Å²) < 4.78 is 26.7. The van der Waals surface area contributed by atoms with Gasteiger partial charge in [0.2, 0.25) is 5.91 Å². The quantitative estimate of drug-likeness (QED) is 0.758. The van der Waals surface area contributed by atoms with Crippen molar-refractivity contribution in [2.75, 3.05) is 13.1 Å². The van der Waals surface area contributed by atoms with Crippen molar-refractivity contribution in [3.05, 3.63) is 48.1 Å². The van der Waals surface area contributed by atoms with E-state index in [9.17, 15) is 13.6 Å². The van der Waals surface area contributed by atoms with E-state index in [1.165, 1.54) is 12.1 Å². The number of halogens is 2. The molecule has 4 nitrogen and oxygen atoms in total. The molecule has 0 N–H and O–H groups in total. The first kappa shape index (κ1) is 16.1. The van der Waals surface area contributed by atoms with Crippen LogP contribution in [0.3, 0.4) is 0 Å². The van der Waals surface area contributed by atoms with Crippen LogP contribution in [0.5, 0.6) is 0 Å². The zero-order chi connectivity index (χ0) is 16.1. The van der Waals surface area contributed by atoms with E-state index in [0.29, 0.717) is 31.6 Å². The van der Waals surface area contributed by atoms with Crippen LogP contribution in [0.4, 0.5) is 8.78 Å². The van der Waals surface area contributed by atoms with Crippen molar-refractivity contribution in [1.82, 2.24) is 4.90 Å². The van der Waals surface area contributed by atoms with Crippen molar-refractivity contribution in [2.45, 2.75) is 25.9 Å². The zero-order valence-electron chi connectivity index (χ0n) is 12.4. The van der Waals surface area contributed by atoms with Crippen molar-refractivity contribution < 1.29 is 18.4 Å². The van der Waals surface area contributed by atoms with Crippen molar-refractivity contribution in [1.29, 1.82) is 0 Å². The van der Waals surface area contributed by atoms with Crippen molar-refractivity contribution in [3.63, 3.8) is 0 Å². The Labute approximate surface area is 128 Å². The molecule has 0 saturated carbocycles. The highest BCUT2D eigenvalue weighted by atomic mass is 19.1. The van der Waals surface area contributed by atoms with Crippen LogP contribution in [0.15, 0.2) is 36.0 Å².